The van der Waals surface area contributed by atoms with Crippen molar-refractivity contribution in [2.45, 2.75) is 60.0 Å². The van der Waals surface area contributed by atoms with E-state index in [4.69, 9.17) is 9.47 Å². The fourth-order valence-corrected chi connectivity index (χ4v) is 2.56. The Bertz CT molecular complexity index is 517. The van der Waals surface area contributed by atoms with Crippen LogP contribution in [-0.4, -0.2) is 29.7 Å². The maximum absolute atomic E-state index is 12.6. The summed E-state index contributed by atoms with van der Waals surface area (Å²) in [4.78, 5) is 16.9. The second kappa shape index (κ2) is 8.87. The van der Waals surface area contributed by atoms with Crippen molar-refractivity contribution in [2.24, 2.45) is 5.92 Å². The van der Waals surface area contributed by atoms with Crippen LogP contribution in [0.25, 0.3) is 0 Å². The molecule has 1 amide bonds. The van der Waals surface area contributed by atoms with E-state index in [1.54, 1.807) is 6.20 Å². The Morgan fingerprint density at radius 2 is 2.09 bits per heavy atom. The van der Waals surface area contributed by atoms with Crippen molar-refractivity contribution in [1.82, 2.24) is 4.98 Å². The molecule has 5 heteroatoms. The third-order valence-electron chi connectivity index (χ3n) is 3.47. The number of pyridine rings is 1. The second-order valence-corrected chi connectivity index (χ2v) is 6.41. The molecule has 0 saturated carbocycles. The molecule has 5 nitrogen and oxygen atoms in total. The molecule has 0 saturated heterocycles. The van der Waals surface area contributed by atoms with Gasteiger partial charge in [-0.05, 0) is 45.6 Å². The first kappa shape index (κ1) is 19.4. The van der Waals surface area contributed by atoms with Crippen molar-refractivity contribution in [2.75, 3.05) is 18.5 Å². The lowest BCUT2D eigenvalue weighted by Crippen LogP contribution is -2.44. The lowest BCUT2D eigenvalue weighted by molar-refractivity contribution is -0.140. The summed E-state index contributed by atoms with van der Waals surface area (Å²) in [6.45, 7) is 13.0. The number of aryl methyl sites for hydroxylation is 1. The third kappa shape index (κ3) is 5.82. The van der Waals surface area contributed by atoms with E-state index in [2.05, 4.69) is 24.1 Å². The maximum Gasteiger partial charge on any atom is 0.256 e. The number of nitrogens with one attached hydrogen (secondary N) is 1. The Morgan fingerprint density at radius 3 is 2.61 bits per heavy atom. The molecule has 1 heterocycles. The van der Waals surface area contributed by atoms with Gasteiger partial charge in [0.1, 0.15) is 5.60 Å². The lowest BCUT2D eigenvalue weighted by Gasteiger charge is -2.29. The highest BCUT2D eigenvalue weighted by Gasteiger charge is 2.34. The number of anilines is 1. The van der Waals surface area contributed by atoms with Gasteiger partial charge in [0.15, 0.2) is 0 Å². The Labute approximate surface area is 139 Å². The monoisotopic (exact) mass is 322 g/mol. The molecule has 1 N–H and O–H groups in total. The summed E-state index contributed by atoms with van der Waals surface area (Å²) in [7, 11) is 0. The quantitative estimate of drug-likeness (QED) is 0.747. The number of carbonyl (C=O) groups is 1. The molecule has 1 aromatic heterocycles. The molecule has 0 aliphatic carbocycles. The fourth-order valence-electron chi connectivity index (χ4n) is 2.56. The minimum Gasteiger partial charge on any atom is -0.477 e. The van der Waals surface area contributed by atoms with E-state index < -0.39 is 5.60 Å². The van der Waals surface area contributed by atoms with Crippen LogP contribution in [0.2, 0.25) is 0 Å². The van der Waals surface area contributed by atoms with Crippen LogP contribution < -0.4 is 10.1 Å². The molecule has 1 atom stereocenters. The first-order valence-corrected chi connectivity index (χ1v) is 8.37. The zero-order valence-electron chi connectivity index (χ0n) is 15.2. The third-order valence-corrected chi connectivity index (χ3v) is 3.47. The molecular weight excluding hydrogens is 292 g/mol. The van der Waals surface area contributed by atoms with Crippen LogP contribution in [0.3, 0.4) is 0 Å². The van der Waals surface area contributed by atoms with Crippen molar-refractivity contribution < 1.29 is 14.3 Å². The van der Waals surface area contributed by atoms with E-state index in [0.29, 0.717) is 37.1 Å². The van der Waals surface area contributed by atoms with Gasteiger partial charge in [0.05, 0.1) is 18.5 Å². The van der Waals surface area contributed by atoms with E-state index in [0.717, 1.165) is 12.0 Å². The molecule has 0 radical (unpaired) electrons. The Balaban J connectivity index is 2.84. The van der Waals surface area contributed by atoms with Crippen molar-refractivity contribution in [3.8, 4) is 5.88 Å². The van der Waals surface area contributed by atoms with Gasteiger partial charge in [0.2, 0.25) is 5.88 Å². The molecule has 0 fully saturated rings. The van der Waals surface area contributed by atoms with Crippen LogP contribution in [0.1, 0.15) is 53.0 Å². The van der Waals surface area contributed by atoms with Gasteiger partial charge in [0, 0.05) is 12.2 Å². The van der Waals surface area contributed by atoms with E-state index in [9.17, 15) is 4.79 Å². The van der Waals surface area contributed by atoms with Crippen LogP contribution >= 0.6 is 0 Å². The van der Waals surface area contributed by atoms with Crippen molar-refractivity contribution in [3.05, 3.63) is 17.8 Å². The van der Waals surface area contributed by atoms with Crippen LogP contribution in [0, 0.1) is 12.8 Å². The summed E-state index contributed by atoms with van der Waals surface area (Å²) in [5, 5.41) is 2.91. The molecule has 0 bridgehead atoms. The molecule has 0 spiro atoms. The zero-order chi connectivity index (χ0) is 17.5. The summed E-state index contributed by atoms with van der Waals surface area (Å²) < 4.78 is 11.3. The molecule has 1 unspecified atom stereocenters. The van der Waals surface area contributed by atoms with Gasteiger partial charge in [-0.15, -0.1) is 0 Å². The molecule has 1 rings (SSSR count). The number of hydrogen-bond acceptors (Lipinski definition) is 4. The van der Waals surface area contributed by atoms with Gasteiger partial charge in [-0.3, -0.25) is 4.79 Å². The van der Waals surface area contributed by atoms with Crippen molar-refractivity contribution in [3.63, 3.8) is 0 Å². The highest BCUT2D eigenvalue weighted by molar-refractivity contribution is 5.97. The van der Waals surface area contributed by atoms with Crippen LogP contribution in [0.15, 0.2) is 12.3 Å². The molecule has 0 aliphatic rings. The number of carbonyl (C=O) groups excluding carboxylic acids is 1. The second-order valence-electron chi connectivity index (χ2n) is 6.41. The number of rotatable bonds is 9. The Kier molecular flexibility index (Phi) is 7.49. The molecule has 130 valence electrons. The van der Waals surface area contributed by atoms with E-state index >= 15 is 0 Å². The summed E-state index contributed by atoms with van der Waals surface area (Å²) in [5.74, 6) is 0.832. The van der Waals surface area contributed by atoms with Gasteiger partial charge >= 0.3 is 0 Å². The standard InChI is InChI=1S/C18H30N2O3/c1-7-9-22-16-14(5)10-15(12-19-16)20-17(21)18(6,23-8-2)11-13(3)4/h10,12-13H,7-9,11H2,1-6H3,(H,20,21). The predicted octanol–water partition coefficient (Wildman–Crippen LogP) is 3.96. The fraction of sp³-hybridized carbons (Fsp3) is 0.667. The first-order chi connectivity index (χ1) is 10.8. The average Bonchev–Trinajstić information content (AvgIpc) is 2.45. The largest absolute Gasteiger partial charge is 0.477 e. The van der Waals surface area contributed by atoms with Gasteiger partial charge in [-0.1, -0.05) is 20.8 Å². The van der Waals surface area contributed by atoms with Gasteiger partial charge in [-0.2, -0.15) is 0 Å². The summed E-state index contributed by atoms with van der Waals surface area (Å²) >= 11 is 0. The molecule has 23 heavy (non-hydrogen) atoms. The highest BCUT2D eigenvalue weighted by Crippen LogP contribution is 2.24. The molecule has 0 aromatic carbocycles. The minimum absolute atomic E-state index is 0.142. The Morgan fingerprint density at radius 1 is 1.39 bits per heavy atom. The number of amides is 1. The lowest BCUT2D eigenvalue weighted by atomic mass is 9.93. The highest BCUT2D eigenvalue weighted by atomic mass is 16.5. The van der Waals surface area contributed by atoms with Crippen LogP contribution in [0.4, 0.5) is 5.69 Å². The minimum atomic E-state index is -0.839. The Hall–Kier alpha value is -1.62. The van der Waals surface area contributed by atoms with Gasteiger partial charge in [0.25, 0.3) is 5.91 Å². The topological polar surface area (TPSA) is 60.5 Å². The summed E-state index contributed by atoms with van der Waals surface area (Å²) in [6.07, 6.45) is 3.22. The molecule has 0 aliphatic heterocycles. The molecular formula is C18H30N2O3. The van der Waals surface area contributed by atoms with Crippen LogP contribution in [-0.2, 0) is 9.53 Å². The zero-order valence-corrected chi connectivity index (χ0v) is 15.2. The van der Waals surface area contributed by atoms with Crippen molar-refractivity contribution >= 4 is 11.6 Å². The summed E-state index contributed by atoms with van der Waals surface area (Å²) in [5.41, 5.74) is 0.720. The average molecular weight is 322 g/mol. The number of ether oxygens (including phenoxy) is 2. The smallest absolute Gasteiger partial charge is 0.256 e. The first-order valence-electron chi connectivity index (χ1n) is 8.37. The summed E-state index contributed by atoms with van der Waals surface area (Å²) in [6, 6.07) is 1.87. The van der Waals surface area contributed by atoms with Gasteiger partial charge < -0.3 is 14.8 Å². The maximum atomic E-state index is 12.6. The van der Waals surface area contributed by atoms with E-state index in [-0.39, 0.29) is 5.91 Å². The SMILES string of the molecule is CCCOc1ncc(NC(=O)C(C)(CC(C)C)OCC)cc1C. The predicted molar refractivity (Wildman–Crippen MR) is 92.9 cm³/mol. The number of hydrogen-bond donors (Lipinski definition) is 1. The van der Waals surface area contributed by atoms with Crippen LogP contribution in [0.5, 0.6) is 5.88 Å². The van der Waals surface area contributed by atoms with Gasteiger partial charge in [-0.25, -0.2) is 4.98 Å². The number of aromatic nitrogens is 1. The number of nitrogens with zero attached hydrogens (tertiary/aromatic N) is 1. The normalized spacial score (nSPS) is 13.7. The van der Waals surface area contributed by atoms with E-state index in [1.807, 2.05) is 33.8 Å². The van der Waals surface area contributed by atoms with Crippen molar-refractivity contribution in [1.29, 1.82) is 0 Å². The van der Waals surface area contributed by atoms with E-state index in [1.165, 1.54) is 0 Å². The molecule has 1 aromatic rings.